The Morgan fingerprint density at radius 2 is 1.64 bits per heavy atom. The summed E-state index contributed by atoms with van der Waals surface area (Å²) in [6.45, 7) is 4.14. The molecular formula is C21H28N2O2. The Labute approximate surface area is 150 Å². The maximum Gasteiger partial charge on any atom is 0.317 e. The van der Waals surface area contributed by atoms with Gasteiger partial charge in [0.05, 0.1) is 6.04 Å². The van der Waals surface area contributed by atoms with E-state index in [0.29, 0.717) is 6.42 Å². The standard InChI is InChI=1S/C21H28N2O2/c1-16(8-7-15-24)22-21(25)23(3)17(2)18-11-13-20(14-12-18)19-9-5-4-6-10-19/h4-6,9-14,16-17,24H,7-8,15H2,1-3H3,(H,22,25). The Morgan fingerprint density at radius 3 is 2.24 bits per heavy atom. The lowest BCUT2D eigenvalue weighted by Gasteiger charge is -2.27. The van der Waals surface area contributed by atoms with Crippen LogP contribution in [-0.4, -0.2) is 35.7 Å². The van der Waals surface area contributed by atoms with Gasteiger partial charge >= 0.3 is 6.03 Å². The molecule has 2 aromatic carbocycles. The maximum absolute atomic E-state index is 12.4. The largest absolute Gasteiger partial charge is 0.396 e. The third-order valence-electron chi connectivity index (χ3n) is 4.57. The van der Waals surface area contributed by atoms with E-state index in [1.807, 2.05) is 39.1 Å². The topological polar surface area (TPSA) is 52.6 Å². The van der Waals surface area contributed by atoms with Gasteiger partial charge in [-0.15, -0.1) is 0 Å². The summed E-state index contributed by atoms with van der Waals surface area (Å²) in [7, 11) is 1.81. The average Bonchev–Trinajstić information content (AvgIpc) is 2.66. The van der Waals surface area contributed by atoms with E-state index in [2.05, 4.69) is 41.7 Å². The van der Waals surface area contributed by atoms with Crippen molar-refractivity contribution in [1.82, 2.24) is 10.2 Å². The molecule has 0 aromatic heterocycles. The third kappa shape index (κ3) is 5.33. The highest BCUT2D eigenvalue weighted by atomic mass is 16.3. The first-order valence-electron chi connectivity index (χ1n) is 8.82. The van der Waals surface area contributed by atoms with Crippen LogP contribution in [0.2, 0.25) is 0 Å². The second-order valence-electron chi connectivity index (χ2n) is 6.49. The molecule has 2 unspecified atom stereocenters. The lowest BCUT2D eigenvalue weighted by Crippen LogP contribution is -2.43. The second kappa shape index (κ2) is 9.23. The number of rotatable bonds is 7. The minimum Gasteiger partial charge on any atom is -0.396 e. The highest BCUT2D eigenvalue weighted by molar-refractivity contribution is 5.74. The number of nitrogens with one attached hydrogen (secondary N) is 1. The highest BCUT2D eigenvalue weighted by Gasteiger charge is 2.18. The van der Waals surface area contributed by atoms with Gasteiger partial charge in [0.2, 0.25) is 0 Å². The molecule has 0 saturated carbocycles. The first-order valence-corrected chi connectivity index (χ1v) is 8.82. The number of hydrogen-bond donors (Lipinski definition) is 2. The van der Waals surface area contributed by atoms with Crippen LogP contribution in [0.1, 0.15) is 38.3 Å². The molecule has 0 aliphatic heterocycles. The van der Waals surface area contributed by atoms with E-state index < -0.39 is 0 Å². The molecule has 0 spiro atoms. The molecule has 2 atom stereocenters. The van der Waals surface area contributed by atoms with E-state index >= 15 is 0 Å². The van der Waals surface area contributed by atoms with E-state index in [1.165, 1.54) is 11.1 Å². The Morgan fingerprint density at radius 1 is 1.04 bits per heavy atom. The summed E-state index contributed by atoms with van der Waals surface area (Å²) in [4.78, 5) is 14.1. The van der Waals surface area contributed by atoms with Gasteiger partial charge in [0.1, 0.15) is 0 Å². The van der Waals surface area contributed by atoms with Gasteiger partial charge in [-0.25, -0.2) is 4.79 Å². The van der Waals surface area contributed by atoms with Gasteiger partial charge in [0.25, 0.3) is 0 Å². The lowest BCUT2D eigenvalue weighted by molar-refractivity contribution is 0.189. The van der Waals surface area contributed by atoms with Crippen LogP contribution in [0.25, 0.3) is 11.1 Å². The predicted octanol–water partition coefficient (Wildman–Crippen LogP) is 4.22. The SMILES string of the molecule is CC(CCCO)NC(=O)N(C)C(C)c1ccc(-c2ccccc2)cc1. The van der Waals surface area contributed by atoms with Gasteiger partial charge < -0.3 is 15.3 Å². The molecule has 0 bridgehead atoms. The summed E-state index contributed by atoms with van der Waals surface area (Å²) in [5.74, 6) is 0. The molecule has 0 heterocycles. The first kappa shape index (κ1) is 19.0. The lowest BCUT2D eigenvalue weighted by atomic mass is 10.0. The second-order valence-corrected chi connectivity index (χ2v) is 6.49. The van der Waals surface area contributed by atoms with Crippen molar-refractivity contribution >= 4 is 6.03 Å². The Balaban J connectivity index is 1.99. The van der Waals surface area contributed by atoms with Gasteiger partial charge in [-0.05, 0) is 43.4 Å². The number of urea groups is 1. The fourth-order valence-corrected chi connectivity index (χ4v) is 2.77. The maximum atomic E-state index is 12.4. The molecular weight excluding hydrogens is 312 g/mol. The average molecular weight is 340 g/mol. The summed E-state index contributed by atoms with van der Waals surface area (Å²) in [5, 5.41) is 11.9. The molecule has 0 fully saturated rings. The molecule has 0 radical (unpaired) electrons. The minimum absolute atomic E-state index is 0.0186. The quantitative estimate of drug-likeness (QED) is 0.793. The van der Waals surface area contributed by atoms with Crippen molar-refractivity contribution in [3.05, 3.63) is 60.2 Å². The van der Waals surface area contributed by atoms with E-state index in [-0.39, 0.29) is 24.7 Å². The zero-order valence-electron chi connectivity index (χ0n) is 15.3. The fraction of sp³-hybridized carbons (Fsp3) is 0.381. The van der Waals surface area contributed by atoms with Gasteiger partial charge in [-0.1, -0.05) is 54.6 Å². The number of nitrogens with zero attached hydrogens (tertiary/aromatic N) is 1. The summed E-state index contributed by atoms with van der Waals surface area (Å²) < 4.78 is 0. The highest BCUT2D eigenvalue weighted by Crippen LogP contribution is 2.24. The third-order valence-corrected chi connectivity index (χ3v) is 4.57. The number of hydrogen-bond acceptors (Lipinski definition) is 2. The van der Waals surface area contributed by atoms with Crippen molar-refractivity contribution in [3.63, 3.8) is 0 Å². The van der Waals surface area contributed by atoms with Crippen LogP contribution in [0.3, 0.4) is 0 Å². The number of carbonyl (C=O) groups excluding carboxylic acids is 1. The first-order chi connectivity index (χ1) is 12.0. The normalized spacial score (nSPS) is 13.1. The minimum atomic E-state index is -0.0925. The van der Waals surface area contributed by atoms with Crippen molar-refractivity contribution < 1.29 is 9.90 Å². The van der Waals surface area contributed by atoms with Crippen LogP contribution in [0.15, 0.2) is 54.6 Å². The van der Waals surface area contributed by atoms with Crippen LogP contribution >= 0.6 is 0 Å². The van der Waals surface area contributed by atoms with Crippen molar-refractivity contribution in [3.8, 4) is 11.1 Å². The number of aliphatic hydroxyl groups is 1. The van der Waals surface area contributed by atoms with Crippen molar-refractivity contribution in [2.45, 2.75) is 38.8 Å². The zero-order chi connectivity index (χ0) is 18.2. The van der Waals surface area contributed by atoms with Gasteiger partial charge in [-0.2, -0.15) is 0 Å². The molecule has 25 heavy (non-hydrogen) atoms. The van der Waals surface area contributed by atoms with Crippen molar-refractivity contribution in [2.75, 3.05) is 13.7 Å². The van der Waals surface area contributed by atoms with Crippen LogP contribution in [-0.2, 0) is 0 Å². The van der Waals surface area contributed by atoms with Gasteiger partial charge in [-0.3, -0.25) is 0 Å². The molecule has 2 rings (SSSR count). The Kier molecular flexibility index (Phi) is 7.02. The van der Waals surface area contributed by atoms with Crippen LogP contribution in [0.4, 0.5) is 4.79 Å². The summed E-state index contributed by atoms with van der Waals surface area (Å²) >= 11 is 0. The number of benzene rings is 2. The molecule has 134 valence electrons. The zero-order valence-corrected chi connectivity index (χ0v) is 15.3. The molecule has 4 nitrogen and oxygen atoms in total. The number of amides is 2. The van der Waals surface area contributed by atoms with Gasteiger partial charge in [0, 0.05) is 19.7 Å². The smallest absolute Gasteiger partial charge is 0.317 e. The van der Waals surface area contributed by atoms with Crippen LogP contribution in [0.5, 0.6) is 0 Å². The van der Waals surface area contributed by atoms with E-state index in [1.54, 1.807) is 4.90 Å². The molecule has 2 N–H and O–H groups in total. The Bertz CT molecular complexity index is 655. The van der Waals surface area contributed by atoms with E-state index in [0.717, 1.165) is 12.0 Å². The summed E-state index contributed by atoms with van der Waals surface area (Å²) in [6, 6.07) is 18.5. The van der Waals surface area contributed by atoms with Crippen molar-refractivity contribution in [1.29, 1.82) is 0 Å². The molecule has 0 aliphatic rings. The fourth-order valence-electron chi connectivity index (χ4n) is 2.77. The van der Waals surface area contributed by atoms with Gasteiger partial charge in [0.15, 0.2) is 0 Å². The molecule has 2 amide bonds. The summed E-state index contributed by atoms with van der Waals surface area (Å²) in [6.07, 6.45) is 1.47. The molecule has 0 aliphatic carbocycles. The number of carbonyl (C=O) groups is 1. The predicted molar refractivity (Wildman–Crippen MR) is 102 cm³/mol. The van der Waals surface area contributed by atoms with E-state index in [4.69, 9.17) is 5.11 Å². The molecule has 0 saturated heterocycles. The molecule has 4 heteroatoms. The number of aliphatic hydroxyl groups excluding tert-OH is 1. The van der Waals surface area contributed by atoms with Crippen LogP contribution in [0, 0.1) is 0 Å². The van der Waals surface area contributed by atoms with Crippen LogP contribution < -0.4 is 5.32 Å². The summed E-state index contributed by atoms with van der Waals surface area (Å²) in [5.41, 5.74) is 3.45. The Hall–Kier alpha value is -2.33. The van der Waals surface area contributed by atoms with E-state index in [9.17, 15) is 4.79 Å². The van der Waals surface area contributed by atoms with Crippen molar-refractivity contribution in [2.24, 2.45) is 0 Å². The molecule has 2 aromatic rings. The monoisotopic (exact) mass is 340 g/mol.